The molecule has 0 saturated carbocycles. The lowest BCUT2D eigenvalue weighted by Crippen LogP contribution is -2.41. The number of alkyl halides is 3. The number of hydrogen-bond acceptors (Lipinski definition) is 5. The zero-order valence-electron chi connectivity index (χ0n) is 20.8. The second-order valence-corrected chi connectivity index (χ2v) is 10.8. The van der Waals surface area contributed by atoms with Gasteiger partial charge in [-0.25, -0.2) is 0 Å². The van der Waals surface area contributed by atoms with Crippen molar-refractivity contribution in [3.63, 3.8) is 0 Å². The molecule has 0 aliphatic carbocycles. The number of aromatic nitrogens is 2. The molecule has 1 amide bonds. The van der Waals surface area contributed by atoms with E-state index in [0.29, 0.717) is 76.2 Å². The third kappa shape index (κ3) is 5.99. The Morgan fingerprint density at radius 3 is 2.42 bits per heavy atom. The van der Waals surface area contributed by atoms with Gasteiger partial charge in [0.25, 0.3) is 5.56 Å². The van der Waals surface area contributed by atoms with E-state index < -0.39 is 40.9 Å². The van der Waals surface area contributed by atoms with E-state index in [1.807, 2.05) is 12.1 Å². The highest BCUT2D eigenvalue weighted by molar-refractivity contribution is 6.36. The minimum atomic E-state index is -4.69. The van der Waals surface area contributed by atoms with E-state index in [0.717, 1.165) is 5.56 Å². The van der Waals surface area contributed by atoms with E-state index in [-0.39, 0.29) is 5.92 Å². The third-order valence-corrected chi connectivity index (χ3v) is 7.99. The molecule has 1 aromatic carbocycles. The highest BCUT2D eigenvalue weighted by Gasteiger charge is 2.33. The Morgan fingerprint density at radius 1 is 1.05 bits per heavy atom. The molecule has 2 aliphatic heterocycles. The molecule has 1 fully saturated rings. The average Bonchev–Trinajstić information content (AvgIpc) is 3.40. The first kappa shape index (κ1) is 28.4. The molecular weight excluding hydrogens is 592 g/mol. The molecule has 210 valence electrons. The van der Waals surface area contributed by atoms with Crippen molar-refractivity contribution in [2.24, 2.45) is 5.16 Å². The summed E-state index contributed by atoms with van der Waals surface area (Å²) in [6.07, 6.45) is -1.08. The lowest BCUT2D eigenvalue weighted by Gasteiger charge is -2.32. The highest BCUT2D eigenvalue weighted by atomic mass is 35.5. The van der Waals surface area contributed by atoms with Crippen LogP contribution in [0.1, 0.15) is 53.7 Å². The third-order valence-electron chi connectivity index (χ3n) is 7.06. The van der Waals surface area contributed by atoms with Crippen molar-refractivity contribution in [2.75, 3.05) is 13.1 Å². The van der Waals surface area contributed by atoms with Gasteiger partial charge in [0.2, 0.25) is 5.91 Å². The standard InChI is InChI=1S/C27H22Cl3F3N4O3/c28-18-2-1-3-19(29)25(18)23-12-22(35-40-23)21-10-16(4-7-34-21)15-5-8-36(9-6-15)24(38)14-37-13-17(27(31,32)33)11-20(30)26(37)39/h1-4,7,10-11,13,15,23H,5-6,8-9,12,14H2. The molecule has 2 aliphatic rings. The molecule has 2 aromatic heterocycles. The van der Waals surface area contributed by atoms with Gasteiger partial charge in [0.15, 0.2) is 6.10 Å². The van der Waals surface area contributed by atoms with Crippen molar-refractivity contribution in [1.29, 1.82) is 0 Å². The van der Waals surface area contributed by atoms with Crippen LogP contribution in [-0.4, -0.2) is 39.2 Å². The van der Waals surface area contributed by atoms with Crippen molar-refractivity contribution >= 4 is 46.4 Å². The van der Waals surface area contributed by atoms with Gasteiger partial charge in [-0.05, 0) is 54.7 Å². The van der Waals surface area contributed by atoms with Crippen molar-refractivity contribution in [2.45, 2.75) is 44.0 Å². The Balaban J connectivity index is 1.22. The van der Waals surface area contributed by atoms with Crippen LogP contribution in [0.4, 0.5) is 13.2 Å². The van der Waals surface area contributed by atoms with E-state index in [2.05, 4.69) is 10.1 Å². The minimum Gasteiger partial charge on any atom is -0.387 e. The second-order valence-electron chi connectivity index (χ2n) is 9.61. The number of pyridine rings is 2. The summed E-state index contributed by atoms with van der Waals surface area (Å²) in [6.45, 7) is 0.252. The van der Waals surface area contributed by atoms with Gasteiger partial charge in [-0.3, -0.25) is 14.6 Å². The van der Waals surface area contributed by atoms with Crippen molar-refractivity contribution in [3.8, 4) is 0 Å². The van der Waals surface area contributed by atoms with Crippen LogP contribution in [0.15, 0.2) is 58.7 Å². The summed E-state index contributed by atoms with van der Waals surface area (Å²) in [5, 5.41) is 4.63. The lowest BCUT2D eigenvalue weighted by atomic mass is 9.89. The molecule has 40 heavy (non-hydrogen) atoms. The summed E-state index contributed by atoms with van der Waals surface area (Å²) in [5.41, 5.74) is 1.10. The van der Waals surface area contributed by atoms with E-state index in [1.54, 1.807) is 29.3 Å². The second kappa shape index (κ2) is 11.4. The van der Waals surface area contributed by atoms with Crippen LogP contribution in [0.25, 0.3) is 0 Å². The first-order chi connectivity index (χ1) is 19.0. The monoisotopic (exact) mass is 612 g/mol. The van der Waals surface area contributed by atoms with Gasteiger partial charge in [0.1, 0.15) is 17.3 Å². The number of benzene rings is 1. The number of carbonyl (C=O) groups excluding carboxylic acids is 1. The van der Waals surface area contributed by atoms with Crippen LogP contribution in [0.3, 0.4) is 0 Å². The first-order valence-electron chi connectivity index (χ1n) is 12.4. The summed E-state index contributed by atoms with van der Waals surface area (Å²) >= 11 is 18.3. The maximum absolute atomic E-state index is 13.1. The molecule has 1 atom stereocenters. The van der Waals surface area contributed by atoms with E-state index in [1.165, 1.54) is 0 Å². The van der Waals surface area contributed by atoms with Crippen LogP contribution < -0.4 is 5.56 Å². The molecule has 13 heteroatoms. The molecule has 5 rings (SSSR count). The molecule has 0 spiro atoms. The summed E-state index contributed by atoms with van der Waals surface area (Å²) in [7, 11) is 0. The van der Waals surface area contributed by atoms with Gasteiger partial charge in [0.05, 0.1) is 11.3 Å². The summed E-state index contributed by atoms with van der Waals surface area (Å²) in [5.74, 6) is -0.318. The fraction of sp³-hybridized carbons (Fsp3) is 0.333. The Bertz CT molecular complexity index is 1520. The molecule has 7 nitrogen and oxygen atoms in total. The van der Waals surface area contributed by atoms with Gasteiger partial charge in [-0.2, -0.15) is 13.2 Å². The topological polar surface area (TPSA) is 76.8 Å². The zero-order valence-corrected chi connectivity index (χ0v) is 23.1. The Labute approximate surface area is 242 Å². The van der Waals surface area contributed by atoms with Crippen LogP contribution in [0.2, 0.25) is 15.1 Å². The maximum atomic E-state index is 13.1. The summed E-state index contributed by atoms with van der Waals surface area (Å²) in [4.78, 5) is 36.7. The van der Waals surface area contributed by atoms with E-state index in [4.69, 9.17) is 39.6 Å². The lowest BCUT2D eigenvalue weighted by molar-refractivity contribution is -0.139. The number of nitrogens with zero attached hydrogens (tertiary/aromatic N) is 4. The number of hydrogen-bond donors (Lipinski definition) is 0. The Hall–Kier alpha value is -3.08. The smallest absolute Gasteiger partial charge is 0.387 e. The predicted octanol–water partition coefficient (Wildman–Crippen LogP) is 6.49. The van der Waals surface area contributed by atoms with Crippen molar-refractivity contribution < 1.29 is 22.8 Å². The largest absolute Gasteiger partial charge is 0.417 e. The van der Waals surface area contributed by atoms with Crippen LogP contribution in [-0.2, 0) is 22.4 Å². The first-order valence-corrected chi connectivity index (χ1v) is 13.5. The molecule has 1 unspecified atom stereocenters. The molecular formula is C27H22Cl3F3N4O3. The SMILES string of the molecule is O=C(Cn1cc(C(F)(F)F)cc(Cl)c1=O)N1CCC(c2ccnc(C3=NOC(c4c(Cl)cccc4Cl)C3)c2)CC1. The highest BCUT2D eigenvalue weighted by Crippen LogP contribution is 2.38. The van der Waals surface area contributed by atoms with E-state index in [9.17, 15) is 22.8 Å². The van der Waals surface area contributed by atoms with Gasteiger partial charge in [-0.1, -0.05) is 46.0 Å². The Kier molecular flexibility index (Phi) is 8.13. The van der Waals surface area contributed by atoms with Crippen LogP contribution in [0, 0.1) is 0 Å². The van der Waals surface area contributed by atoms with Crippen molar-refractivity contribution in [3.05, 3.63) is 96.6 Å². The summed E-state index contributed by atoms with van der Waals surface area (Å²) < 4.78 is 40.1. The molecule has 3 aromatic rings. The number of likely N-dealkylation sites (tertiary alicyclic amines) is 1. The van der Waals surface area contributed by atoms with Crippen LogP contribution >= 0.6 is 34.8 Å². The van der Waals surface area contributed by atoms with E-state index >= 15 is 0 Å². The van der Waals surface area contributed by atoms with Gasteiger partial charge >= 0.3 is 6.18 Å². The predicted molar refractivity (Wildman–Crippen MR) is 145 cm³/mol. The van der Waals surface area contributed by atoms with Gasteiger partial charge < -0.3 is 14.3 Å². The molecule has 0 radical (unpaired) electrons. The number of rotatable bonds is 5. The minimum absolute atomic E-state index is 0.133. The molecule has 1 saturated heterocycles. The normalized spacial score (nSPS) is 18.0. The average molecular weight is 614 g/mol. The number of oxime groups is 1. The van der Waals surface area contributed by atoms with Crippen LogP contribution in [0.5, 0.6) is 0 Å². The molecule has 0 N–H and O–H groups in total. The number of amides is 1. The zero-order chi connectivity index (χ0) is 28.6. The van der Waals surface area contributed by atoms with Gasteiger partial charge in [-0.15, -0.1) is 0 Å². The molecule has 4 heterocycles. The van der Waals surface area contributed by atoms with Crippen molar-refractivity contribution in [1.82, 2.24) is 14.5 Å². The summed E-state index contributed by atoms with van der Waals surface area (Å²) in [6, 6.07) is 9.67. The number of halogens is 6. The Morgan fingerprint density at radius 2 is 1.75 bits per heavy atom. The fourth-order valence-corrected chi connectivity index (χ4v) is 5.81. The number of carbonyl (C=O) groups is 1. The number of piperidine rings is 1. The molecule has 0 bridgehead atoms. The maximum Gasteiger partial charge on any atom is 0.417 e. The fourth-order valence-electron chi connectivity index (χ4n) is 4.94. The quantitative estimate of drug-likeness (QED) is 0.330. The van der Waals surface area contributed by atoms with Gasteiger partial charge in [0, 0.05) is 47.5 Å².